The highest BCUT2D eigenvalue weighted by Crippen LogP contribution is 2.37. The third-order valence-electron chi connectivity index (χ3n) is 4.73. The zero-order chi connectivity index (χ0) is 20.5. The number of hydrogen-bond donors (Lipinski definition) is 1. The van der Waals surface area contributed by atoms with E-state index in [1.807, 2.05) is 0 Å². The van der Waals surface area contributed by atoms with Crippen LogP contribution in [-0.4, -0.2) is 23.3 Å². The van der Waals surface area contributed by atoms with Crippen LogP contribution in [0.15, 0.2) is 66.7 Å². The summed E-state index contributed by atoms with van der Waals surface area (Å²) in [4.78, 5) is 27.1. The number of nitrogens with one attached hydrogen (secondary N) is 1. The highest BCUT2D eigenvalue weighted by molar-refractivity contribution is 6.31. The molecule has 7 heteroatoms. The molecule has 1 N–H and O–H groups in total. The van der Waals surface area contributed by atoms with Crippen LogP contribution in [0.4, 0.5) is 14.5 Å². The number of nitrogens with zero attached hydrogens (tertiary/aromatic N) is 1. The Hall–Kier alpha value is -3.25. The lowest BCUT2D eigenvalue weighted by atomic mass is 9.95. The average Bonchev–Trinajstić information content (AvgIpc) is 2.84. The molecule has 1 heterocycles. The van der Waals surface area contributed by atoms with Crippen molar-refractivity contribution in [2.24, 2.45) is 0 Å². The molecular formula is C22H15ClF2N2O2. The van der Waals surface area contributed by atoms with Crippen molar-refractivity contribution in [3.63, 3.8) is 0 Å². The van der Waals surface area contributed by atoms with Crippen molar-refractivity contribution in [1.29, 1.82) is 0 Å². The third kappa shape index (κ3) is 3.84. The SMILES string of the molecule is O=C1CN(C(=O)c2cccc(Cl)c2)[C@H](c2ccc(F)cc2)c2cc(F)ccc2N1. The van der Waals surface area contributed by atoms with E-state index in [4.69, 9.17) is 11.6 Å². The van der Waals surface area contributed by atoms with Crippen molar-refractivity contribution < 1.29 is 18.4 Å². The molecule has 0 unspecified atom stereocenters. The van der Waals surface area contributed by atoms with Gasteiger partial charge < -0.3 is 10.2 Å². The molecule has 146 valence electrons. The van der Waals surface area contributed by atoms with Gasteiger partial charge in [0.1, 0.15) is 18.2 Å². The van der Waals surface area contributed by atoms with Crippen LogP contribution in [-0.2, 0) is 4.79 Å². The topological polar surface area (TPSA) is 49.4 Å². The highest BCUT2D eigenvalue weighted by Gasteiger charge is 2.34. The molecule has 3 aromatic rings. The van der Waals surface area contributed by atoms with E-state index in [1.54, 1.807) is 18.2 Å². The molecule has 1 aliphatic rings. The van der Waals surface area contributed by atoms with E-state index in [2.05, 4.69) is 5.32 Å². The first-order chi connectivity index (χ1) is 13.9. The Balaban J connectivity index is 1.90. The summed E-state index contributed by atoms with van der Waals surface area (Å²) in [5.74, 6) is -1.82. The second-order valence-electron chi connectivity index (χ2n) is 6.68. The summed E-state index contributed by atoms with van der Waals surface area (Å²) in [6.07, 6.45) is 0. The summed E-state index contributed by atoms with van der Waals surface area (Å²) in [5, 5.41) is 3.08. The number of anilines is 1. The molecule has 0 aliphatic carbocycles. The Morgan fingerprint density at radius 2 is 1.72 bits per heavy atom. The van der Waals surface area contributed by atoms with Crippen molar-refractivity contribution in [3.8, 4) is 0 Å². The van der Waals surface area contributed by atoms with E-state index in [-0.39, 0.29) is 12.1 Å². The van der Waals surface area contributed by atoms with E-state index >= 15 is 0 Å². The van der Waals surface area contributed by atoms with E-state index in [1.165, 1.54) is 53.4 Å². The van der Waals surface area contributed by atoms with Gasteiger partial charge in [0.2, 0.25) is 5.91 Å². The monoisotopic (exact) mass is 412 g/mol. The van der Waals surface area contributed by atoms with Gasteiger partial charge in [-0.25, -0.2) is 8.78 Å². The molecular weight excluding hydrogens is 398 g/mol. The minimum Gasteiger partial charge on any atom is -0.324 e. The van der Waals surface area contributed by atoms with Gasteiger partial charge in [0, 0.05) is 21.8 Å². The van der Waals surface area contributed by atoms with Gasteiger partial charge >= 0.3 is 0 Å². The molecule has 1 atom stereocenters. The molecule has 2 amide bonds. The van der Waals surface area contributed by atoms with Crippen LogP contribution in [0.3, 0.4) is 0 Å². The molecule has 1 aliphatic heterocycles. The summed E-state index contributed by atoms with van der Waals surface area (Å²) in [7, 11) is 0. The first-order valence-corrected chi connectivity index (χ1v) is 9.21. The normalized spacial score (nSPS) is 16.0. The molecule has 0 bridgehead atoms. The summed E-state index contributed by atoms with van der Waals surface area (Å²) < 4.78 is 27.6. The average molecular weight is 413 g/mol. The Morgan fingerprint density at radius 1 is 1.00 bits per heavy atom. The molecule has 0 radical (unpaired) electrons. The lowest BCUT2D eigenvalue weighted by molar-refractivity contribution is -0.117. The second kappa shape index (κ2) is 7.64. The molecule has 0 fully saturated rings. The number of fused-ring (bicyclic) bond motifs is 1. The molecule has 29 heavy (non-hydrogen) atoms. The maximum atomic E-state index is 14.1. The highest BCUT2D eigenvalue weighted by atomic mass is 35.5. The van der Waals surface area contributed by atoms with E-state index < -0.39 is 29.5 Å². The van der Waals surface area contributed by atoms with Crippen molar-refractivity contribution in [2.75, 3.05) is 11.9 Å². The number of carbonyl (C=O) groups is 2. The summed E-state index contributed by atoms with van der Waals surface area (Å²) in [6.45, 7) is -0.260. The van der Waals surface area contributed by atoms with Crippen molar-refractivity contribution in [3.05, 3.63) is 100 Å². The van der Waals surface area contributed by atoms with Gasteiger partial charge in [-0.05, 0) is 54.1 Å². The van der Waals surface area contributed by atoms with Crippen LogP contribution in [0.5, 0.6) is 0 Å². The van der Waals surface area contributed by atoms with Gasteiger partial charge in [-0.1, -0.05) is 29.8 Å². The molecule has 0 saturated carbocycles. The number of carbonyl (C=O) groups excluding carboxylic acids is 2. The van der Waals surface area contributed by atoms with Crippen LogP contribution < -0.4 is 5.32 Å². The molecule has 3 aromatic carbocycles. The second-order valence-corrected chi connectivity index (χ2v) is 7.11. The quantitative estimate of drug-likeness (QED) is 0.657. The van der Waals surface area contributed by atoms with Gasteiger partial charge in [-0.15, -0.1) is 0 Å². The number of benzene rings is 3. The van der Waals surface area contributed by atoms with Crippen molar-refractivity contribution >= 4 is 29.1 Å². The van der Waals surface area contributed by atoms with E-state index in [0.29, 0.717) is 21.8 Å². The van der Waals surface area contributed by atoms with Gasteiger partial charge in [0.05, 0.1) is 6.04 Å². The summed E-state index contributed by atoms with van der Waals surface area (Å²) in [6, 6.07) is 15.1. The van der Waals surface area contributed by atoms with Crippen LogP contribution in [0.1, 0.15) is 27.5 Å². The third-order valence-corrected chi connectivity index (χ3v) is 4.96. The fourth-order valence-corrected chi connectivity index (χ4v) is 3.65. The zero-order valence-corrected chi connectivity index (χ0v) is 15.8. The summed E-state index contributed by atoms with van der Waals surface area (Å²) in [5.41, 5.74) is 1.63. The lowest BCUT2D eigenvalue weighted by Gasteiger charge is -2.30. The predicted molar refractivity (Wildman–Crippen MR) is 106 cm³/mol. The maximum Gasteiger partial charge on any atom is 0.255 e. The molecule has 4 rings (SSSR count). The smallest absolute Gasteiger partial charge is 0.255 e. The first kappa shape index (κ1) is 19.1. The Kier molecular flexibility index (Phi) is 5.03. The molecule has 4 nitrogen and oxygen atoms in total. The summed E-state index contributed by atoms with van der Waals surface area (Å²) >= 11 is 6.02. The number of amides is 2. The predicted octanol–water partition coefficient (Wildman–Crippen LogP) is 4.80. The molecule has 0 spiro atoms. The van der Waals surface area contributed by atoms with Gasteiger partial charge in [-0.2, -0.15) is 0 Å². The largest absolute Gasteiger partial charge is 0.324 e. The number of rotatable bonds is 2. The van der Waals surface area contributed by atoms with Crippen LogP contribution in [0.2, 0.25) is 5.02 Å². The minimum absolute atomic E-state index is 0.260. The number of halogens is 3. The fraction of sp³-hybridized carbons (Fsp3) is 0.0909. The first-order valence-electron chi connectivity index (χ1n) is 8.83. The van der Waals surface area contributed by atoms with E-state index in [9.17, 15) is 18.4 Å². The van der Waals surface area contributed by atoms with Crippen molar-refractivity contribution in [2.45, 2.75) is 6.04 Å². The Bertz CT molecular complexity index is 1100. The fourth-order valence-electron chi connectivity index (χ4n) is 3.46. The van der Waals surface area contributed by atoms with Crippen molar-refractivity contribution in [1.82, 2.24) is 4.90 Å². The zero-order valence-electron chi connectivity index (χ0n) is 15.0. The number of hydrogen-bond acceptors (Lipinski definition) is 2. The minimum atomic E-state index is -0.799. The molecule has 0 saturated heterocycles. The van der Waals surface area contributed by atoms with Gasteiger partial charge in [0.25, 0.3) is 5.91 Å². The Morgan fingerprint density at radius 3 is 2.45 bits per heavy atom. The van der Waals surface area contributed by atoms with E-state index in [0.717, 1.165) is 0 Å². The maximum absolute atomic E-state index is 14.1. The van der Waals surface area contributed by atoms with Gasteiger partial charge in [0.15, 0.2) is 0 Å². The Labute approximate surface area is 170 Å². The molecule has 0 aromatic heterocycles. The van der Waals surface area contributed by atoms with Crippen LogP contribution in [0, 0.1) is 11.6 Å². The standard InChI is InChI=1S/C22H15ClF2N2O2/c23-15-3-1-2-14(10-15)22(29)27-12-20(28)26-19-9-8-17(25)11-18(19)21(27)13-4-6-16(24)7-5-13/h1-11,21H,12H2,(H,26,28)/t21-/m1/s1. The van der Waals surface area contributed by atoms with Crippen LogP contribution >= 0.6 is 11.6 Å². The van der Waals surface area contributed by atoms with Crippen LogP contribution in [0.25, 0.3) is 0 Å². The lowest BCUT2D eigenvalue weighted by Crippen LogP contribution is -2.39. The van der Waals surface area contributed by atoms with Gasteiger partial charge in [-0.3, -0.25) is 9.59 Å².